The predicted molar refractivity (Wildman–Crippen MR) is 77.8 cm³/mol. The molecule has 0 radical (unpaired) electrons. The van der Waals surface area contributed by atoms with Crippen LogP contribution in [0.5, 0.6) is 11.5 Å². The Kier molecular flexibility index (Phi) is 4.97. The maximum atomic E-state index is 14.2. The lowest BCUT2D eigenvalue weighted by Gasteiger charge is -2.38. The van der Waals surface area contributed by atoms with E-state index in [0.717, 1.165) is 0 Å². The SMILES string of the molecule is Nc1cc(C(c2cc(N)c(O)c(F)c2F)(C(F)(F)F)C(F)(F)F)c(F)c(F)c1O. The summed E-state index contributed by atoms with van der Waals surface area (Å²) < 4.78 is 139. The molecule has 29 heavy (non-hydrogen) atoms. The number of alkyl halides is 6. The van der Waals surface area contributed by atoms with E-state index in [1.165, 1.54) is 0 Å². The van der Waals surface area contributed by atoms with Crippen LogP contribution in [0.3, 0.4) is 0 Å². The van der Waals surface area contributed by atoms with Crippen molar-refractivity contribution in [3.63, 3.8) is 0 Å². The Hall–Kier alpha value is -3.06. The molecule has 0 unspecified atom stereocenters. The zero-order valence-corrected chi connectivity index (χ0v) is 13.5. The molecule has 0 amide bonds. The second kappa shape index (κ2) is 6.49. The van der Waals surface area contributed by atoms with Gasteiger partial charge < -0.3 is 21.7 Å². The van der Waals surface area contributed by atoms with Crippen LogP contribution in [-0.2, 0) is 5.41 Å². The number of rotatable bonds is 2. The molecule has 0 aromatic heterocycles. The molecule has 0 fully saturated rings. The largest absolute Gasteiger partial charge is 0.503 e. The fourth-order valence-electron chi connectivity index (χ4n) is 2.73. The Morgan fingerprint density at radius 3 is 1.10 bits per heavy atom. The lowest BCUT2D eigenvalue weighted by atomic mass is 9.71. The lowest BCUT2D eigenvalue weighted by Crippen LogP contribution is -2.56. The Bertz CT molecular complexity index is 906. The number of nitrogen functional groups attached to an aromatic ring is 2. The molecule has 160 valence electrons. The molecule has 0 aliphatic rings. The fraction of sp³-hybridized carbons (Fsp3) is 0.200. The number of phenolic OH excluding ortho intramolecular Hbond substituents is 2. The smallest absolute Gasteiger partial charge is 0.411 e. The van der Waals surface area contributed by atoms with E-state index in [0.29, 0.717) is 0 Å². The molecule has 0 saturated heterocycles. The number of hydrogen-bond acceptors (Lipinski definition) is 4. The van der Waals surface area contributed by atoms with Crippen molar-refractivity contribution >= 4 is 11.4 Å². The average molecular weight is 438 g/mol. The van der Waals surface area contributed by atoms with Gasteiger partial charge in [-0.3, -0.25) is 0 Å². The highest BCUT2D eigenvalue weighted by molar-refractivity contribution is 5.62. The minimum atomic E-state index is -6.67. The second-order valence-electron chi connectivity index (χ2n) is 5.73. The van der Waals surface area contributed by atoms with Gasteiger partial charge in [0.2, 0.25) is 17.0 Å². The molecule has 0 aliphatic heterocycles. The Balaban J connectivity index is 3.23. The van der Waals surface area contributed by atoms with E-state index in [-0.39, 0.29) is 0 Å². The van der Waals surface area contributed by atoms with E-state index < -0.39 is 87.2 Å². The molecule has 2 aromatic carbocycles. The van der Waals surface area contributed by atoms with Crippen molar-refractivity contribution in [3.05, 3.63) is 46.5 Å². The first-order valence-corrected chi connectivity index (χ1v) is 7.07. The number of hydrogen-bond donors (Lipinski definition) is 4. The zero-order valence-electron chi connectivity index (χ0n) is 13.5. The first kappa shape index (κ1) is 22.2. The standard InChI is InChI=1S/C15H8F10N2O2/c16-7-3(1-5(26)11(28)9(7)18)13(14(20,21)22,15(23,24)25)4-2-6(27)12(29)10(19)8(4)17/h1-2,28-29H,26-27H2. The molecule has 0 bridgehead atoms. The summed E-state index contributed by atoms with van der Waals surface area (Å²) in [6.07, 6.45) is -13.3. The molecule has 4 nitrogen and oxygen atoms in total. The Morgan fingerprint density at radius 1 is 0.586 bits per heavy atom. The van der Waals surface area contributed by atoms with Gasteiger partial charge in [0, 0.05) is 11.1 Å². The minimum absolute atomic E-state index is 0.422. The molecule has 0 atom stereocenters. The van der Waals surface area contributed by atoms with E-state index in [9.17, 15) is 43.9 Å². The molecule has 0 saturated carbocycles. The molecule has 0 aliphatic carbocycles. The topological polar surface area (TPSA) is 92.5 Å². The number of benzene rings is 2. The Labute approximate surface area is 154 Å². The summed E-state index contributed by atoms with van der Waals surface area (Å²) in [5, 5.41) is 18.3. The van der Waals surface area contributed by atoms with Crippen molar-refractivity contribution in [3.8, 4) is 11.5 Å². The van der Waals surface area contributed by atoms with E-state index in [1.54, 1.807) is 0 Å². The van der Waals surface area contributed by atoms with Gasteiger partial charge in [0.1, 0.15) is 0 Å². The summed E-state index contributed by atoms with van der Waals surface area (Å²) in [5.41, 5.74) is -3.97. The number of nitrogens with two attached hydrogens (primary N) is 2. The predicted octanol–water partition coefficient (Wildman–Crippen LogP) is 4.23. The second-order valence-corrected chi connectivity index (χ2v) is 5.73. The first-order chi connectivity index (χ1) is 13.0. The van der Waals surface area contributed by atoms with Crippen molar-refractivity contribution in [2.24, 2.45) is 0 Å². The van der Waals surface area contributed by atoms with Gasteiger partial charge >= 0.3 is 12.4 Å². The third kappa shape index (κ3) is 2.93. The molecular weight excluding hydrogens is 430 g/mol. The van der Waals surface area contributed by atoms with Crippen LogP contribution in [0.25, 0.3) is 0 Å². The van der Waals surface area contributed by atoms with Gasteiger partial charge in [0.15, 0.2) is 23.1 Å². The van der Waals surface area contributed by atoms with Gasteiger partial charge in [-0.1, -0.05) is 0 Å². The number of aromatic hydroxyl groups is 2. The molecule has 14 heteroatoms. The van der Waals surface area contributed by atoms with Crippen molar-refractivity contribution in [1.82, 2.24) is 0 Å². The number of phenols is 2. The van der Waals surface area contributed by atoms with Crippen molar-refractivity contribution in [2.75, 3.05) is 11.5 Å². The highest BCUT2D eigenvalue weighted by atomic mass is 19.4. The van der Waals surface area contributed by atoms with Gasteiger partial charge in [-0.15, -0.1) is 0 Å². The van der Waals surface area contributed by atoms with Crippen LogP contribution in [0.2, 0.25) is 0 Å². The van der Waals surface area contributed by atoms with Crippen LogP contribution >= 0.6 is 0 Å². The number of halogens is 10. The summed E-state index contributed by atoms with van der Waals surface area (Å²) >= 11 is 0. The van der Waals surface area contributed by atoms with Gasteiger partial charge in [-0.25, -0.2) is 8.78 Å². The monoisotopic (exact) mass is 438 g/mol. The van der Waals surface area contributed by atoms with Crippen LogP contribution in [-0.4, -0.2) is 22.6 Å². The third-order valence-corrected chi connectivity index (χ3v) is 4.08. The molecular formula is C15H8F10N2O2. The summed E-state index contributed by atoms with van der Waals surface area (Å²) in [5.74, 6) is -14.5. The van der Waals surface area contributed by atoms with Crippen LogP contribution in [0.15, 0.2) is 12.1 Å². The van der Waals surface area contributed by atoms with Crippen LogP contribution in [0, 0.1) is 23.3 Å². The molecule has 2 aromatic rings. The van der Waals surface area contributed by atoms with Gasteiger partial charge in [0.25, 0.3) is 0 Å². The quantitative estimate of drug-likeness (QED) is 0.321. The van der Waals surface area contributed by atoms with Gasteiger partial charge in [-0.2, -0.15) is 35.1 Å². The van der Waals surface area contributed by atoms with Crippen LogP contribution in [0.1, 0.15) is 11.1 Å². The van der Waals surface area contributed by atoms with Gasteiger partial charge in [-0.05, 0) is 12.1 Å². The maximum Gasteiger partial charge on any atom is 0.411 e. The third-order valence-electron chi connectivity index (χ3n) is 4.08. The van der Waals surface area contributed by atoms with E-state index in [4.69, 9.17) is 21.7 Å². The van der Waals surface area contributed by atoms with Crippen molar-refractivity contribution in [2.45, 2.75) is 17.8 Å². The lowest BCUT2D eigenvalue weighted by molar-refractivity contribution is -0.290. The highest BCUT2D eigenvalue weighted by Crippen LogP contribution is 2.59. The highest BCUT2D eigenvalue weighted by Gasteiger charge is 2.74. The van der Waals surface area contributed by atoms with Crippen molar-refractivity contribution in [1.29, 1.82) is 0 Å². The summed E-state index contributed by atoms with van der Waals surface area (Å²) in [6.45, 7) is 0. The molecule has 6 N–H and O–H groups in total. The average Bonchev–Trinajstić information content (AvgIpc) is 2.58. The minimum Gasteiger partial charge on any atom is -0.503 e. The molecule has 0 heterocycles. The first-order valence-electron chi connectivity index (χ1n) is 7.07. The van der Waals surface area contributed by atoms with E-state index >= 15 is 0 Å². The Morgan fingerprint density at radius 2 is 0.862 bits per heavy atom. The normalized spacial score (nSPS) is 13.0. The number of anilines is 2. The maximum absolute atomic E-state index is 14.2. The summed E-state index contributed by atoms with van der Waals surface area (Å²) in [4.78, 5) is 0. The van der Waals surface area contributed by atoms with Crippen LogP contribution in [0.4, 0.5) is 55.3 Å². The fourth-order valence-corrected chi connectivity index (χ4v) is 2.73. The molecule has 2 rings (SSSR count). The summed E-state index contributed by atoms with van der Waals surface area (Å²) in [7, 11) is 0. The van der Waals surface area contributed by atoms with Crippen molar-refractivity contribution < 1.29 is 54.1 Å². The molecule has 0 spiro atoms. The van der Waals surface area contributed by atoms with E-state index in [1.807, 2.05) is 0 Å². The zero-order chi connectivity index (χ0) is 22.7. The van der Waals surface area contributed by atoms with E-state index in [2.05, 4.69) is 0 Å². The van der Waals surface area contributed by atoms with Crippen LogP contribution < -0.4 is 11.5 Å². The van der Waals surface area contributed by atoms with Gasteiger partial charge in [0.05, 0.1) is 11.4 Å². The summed E-state index contributed by atoms with van der Waals surface area (Å²) in [6, 6.07) is -0.843.